The second-order valence-electron chi connectivity index (χ2n) is 6.10. The summed E-state index contributed by atoms with van der Waals surface area (Å²) in [6, 6.07) is 5.28. The first-order chi connectivity index (χ1) is 11.2. The van der Waals surface area contributed by atoms with Gasteiger partial charge in [0.05, 0.1) is 5.54 Å². The zero-order valence-corrected chi connectivity index (χ0v) is 13.4. The fourth-order valence-electron chi connectivity index (χ4n) is 3.74. The molecule has 1 aliphatic carbocycles. The van der Waals surface area contributed by atoms with Crippen molar-refractivity contribution >= 4 is 16.9 Å². The molecule has 0 saturated heterocycles. The molecule has 0 bridgehead atoms. The number of hydrogen-bond acceptors (Lipinski definition) is 5. The minimum atomic E-state index is -0.298. The molecule has 6 heteroatoms. The van der Waals surface area contributed by atoms with E-state index in [9.17, 15) is 4.39 Å². The van der Waals surface area contributed by atoms with Gasteiger partial charge in [-0.15, -0.1) is 0 Å². The van der Waals surface area contributed by atoms with Crippen LogP contribution < -0.4 is 5.73 Å². The van der Waals surface area contributed by atoms with Crippen LogP contribution in [0.25, 0.3) is 11.1 Å². The Morgan fingerprint density at radius 3 is 2.83 bits per heavy atom. The first kappa shape index (κ1) is 16.9. The Morgan fingerprint density at radius 2 is 2.04 bits per heavy atom. The largest absolute Gasteiger partial charge is 0.379 e. The Hall–Kier alpha value is -1.95. The molecule has 1 fully saturated rings. The highest BCUT2D eigenvalue weighted by atomic mass is 32.2. The zero-order chi connectivity index (χ0) is 15.9. The van der Waals surface area contributed by atoms with E-state index in [2.05, 4.69) is 9.97 Å². The molecule has 0 radical (unpaired) electrons. The summed E-state index contributed by atoms with van der Waals surface area (Å²) in [7, 11) is 0. The molecule has 0 spiro atoms. The van der Waals surface area contributed by atoms with Crippen LogP contribution in [0, 0.1) is 11.7 Å². The third-order valence-electron chi connectivity index (χ3n) is 4.87. The smallest absolute Gasteiger partial charge is 0.154 e. The maximum atomic E-state index is 14.3. The second-order valence-corrected chi connectivity index (χ2v) is 7.14. The van der Waals surface area contributed by atoms with Gasteiger partial charge in [-0.3, -0.25) is 4.99 Å². The van der Waals surface area contributed by atoms with Gasteiger partial charge in [0, 0.05) is 29.3 Å². The minimum absolute atomic E-state index is 0. The molecule has 0 unspecified atom stereocenters. The van der Waals surface area contributed by atoms with Crippen LogP contribution in [0.2, 0.25) is 0 Å². The third-order valence-corrected chi connectivity index (χ3v) is 5.82. The summed E-state index contributed by atoms with van der Waals surface area (Å²) >= 11 is 1.63. The number of fused-ring (bicyclic) bond motifs is 1. The SMILES string of the molecule is C.NC1=N[C@@]2(c3ccc(F)c(-c4cncnc4)c3)CCC[C@H]2CS1. The van der Waals surface area contributed by atoms with Gasteiger partial charge < -0.3 is 5.73 Å². The summed E-state index contributed by atoms with van der Waals surface area (Å²) < 4.78 is 14.3. The average molecular weight is 344 g/mol. The van der Waals surface area contributed by atoms with E-state index in [1.54, 1.807) is 24.2 Å². The molecule has 1 aliphatic heterocycles. The minimum Gasteiger partial charge on any atom is -0.379 e. The van der Waals surface area contributed by atoms with Gasteiger partial charge in [-0.1, -0.05) is 31.7 Å². The highest BCUT2D eigenvalue weighted by molar-refractivity contribution is 8.13. The molecule has 126 valence electrons. The fraction of sp³-hybridized carbons (Fsp3) is 0.389. The first-order valence-corrected chi connectivity index (χ1v) is 8.71. The first-order valence-electron chi connectivity index (χ1n) is 7.72. The lowest BCUT2D eigenvalue weighted by atomic mass is 9.80. The van der Waals surface area contributed by atoms with Crippen LogP contribution in [0.3, 0.4) is 0 Å². The van der Waals surface area contributed by atoms with Crippen molar-refractivity contribution in [1.29, 1.82) is 0 Å². The van der Waals surface area contributed by atoms with Crippen molar-refractivity contribution in [3.63, 3.8) is 0 Å². The van der Waals surface area contributed by atoms with Gasteiger partial charge in [0.2, 0.25) is 0 Å². The van der Waals surface area contributed by atoms with Crippen LogP contribution in [-0.2, 0) is 5.54 Å². The summed E-state index contributed by atoms with van der Waals surface area (Å²) in [5, 5.41) is 0.636. The Morgan fingerprint density at radius 1 is 1.25 bits per heavy atom. The number of halogens is 1. The van der Waals surface area contributed by atoms with Crippen LogP contribution in [0.1, 0.15) is 32.3 Å². The van der Waals surface area contributed by atoms with Crippen molar-refractivity contribution in [3.05, 3.63) is 48.3 Å². The van der Waals surface area contributed by atoms with Crippen LogP contribution in [0.4, 0.5) is 4.39 Å². The van der Waals surface area contributed by atoms with Crippen molar-refractivity contribution < 1.29 is 4.39 Å². The number of hydrogen-bond donors (Lipinski definition) is 1. The highest BCUT2D eigenvalue weighted by Crippen LogP contribution is 2.51. The molecule has 2 aliphatic rings. The van der Waals surface area contributed by atoms with Crippen molar-refractivity contribution in [2.45, 2.75) is 32.2 Å². The molecule has 1 saturated carbocycles. The van der Waals surface area contributed by atoms with Crippen molar-refractivity contribution in [2.24, 2.45) is 16.6 Å². The van der Waals surface area contributed by atoms with Crippen LogP contribution in [-0.4, -0.2) is 20.9 Å². The number of nitrogens with zero attached hydrogens (tertiary/aromatic N) is 3. The van der Waals surface area contributed by atoms with Gasteiger partial charge in [-0.2, -0.15) is 0 Å². The van der Waals surface area contributed by atoms with E-state index >= 15 is 0 Å². The third kappa shape index (κ3) is 2.69. The number of aliphatic imine (C=N–C) groups is 1. The molecule has 2 aromatic rings. The molecule has 1 aromatic carbocycles. The monoisotopic (exact) mass is 344 g/mol. The second kappa shape index (κ2) is 6.51. The van der Waals surface area contributed by atoms with Crippen molar-refractivity contribution in [3.8, 4) is 11.1 Å². The van der Waals surface area contributed by atoms with Gasteiger partial charge in [0.15, 0.2) is 5.17 Å². The zero-order valence-electron chi connectivity index (χ0n) is 12.6. The predicted molar refractivity (Wildman–Crippen MR) is 97.3 cm³/mol. The summed E-state index contributed by atoms with van der Waals surface area (Å²) in [5.41, 5.74) is 7.96. The molecular formula is C18H21FN4S. The average Bonchev–Trinajstić information content (AvgIpc) is 3.00. The lowest BCUT2D eigenvalue weighted by molar-refractivity contribution is 0.355. The van der Waals surface area contributed by atoms with E-state index in [4.69, 9.17) is 10.7 Å². The van der Waals surface area contributed by atoms with Crippen LogP contribution in [0.5, 0.6) is 0 Å². The lowest BCUT2D eigenvalue weighted by Gasteiger charge is -2.36. The molecule has 4 nitrogen and oxygen atoms in total. The van der Waals surface area contributed by atoms with Gasteiger partial charge in [0.1, 0.15) is 12.1 Å². The predicted octanol–water partition coefficient (Wildman–Crippen LogP) is 3.98. The summed E-state index contributed by atoms with van der Waals surface area (Å²) in [6.45, 7) is 0. The Bertz CT molecular complexity index is 765. The van der Waals surface area contributed by atoms with E-state index in [-0.39, 0.29) is 18.8 Å². The summed E-state index contributed by atoms with van der Waals surface area (Å²) in [4.78, 5) is 12.8. The van der Waals surface area contributed by atoms with Gasteiger partial charge in [0.25, 0.3) is 0 Å². The topological polar surface area (TPSA) is 64.2 Å². The summed E-state index contributed by atoms with van der Waals surface area (Å²) in [5.74, 6) is 1.18. The number of thioether (sulfide) groups is 1. The summed E-state index contributed by atoms with van der Waals surface area (Å²) in [6.07, 6.45) is 7.95. The van der Waals surface area contributed by atoms with Gasteiger partial charge in [-0.25, -0.2) is 14.4 Å². The number of amidine groups is 1. The lowest BCUT2D eigenvalue weighted by Crippen LogP contribution is -2.36. The molecule has 0 amide bonds. The number of nitrogens with two attached hydrogens (primary N) is 1. The standard InChI is InChI=1S/C17H17FN4S.CH4/c18-15-4-3-12(6-14(15)11-7-20-10-21-8-11)17-5-1-2-13(17)9-23-16(19)22-17;/h3-4,6-8,10,13H,1-2,5,9H2,(H2,19,22);1H4/t13-,17+;/m0./s1. The Kier molecular flexibility index (Phi) is 4.58. The van der Waals surface area contributed by atoms with Crippen LogP contribution >= 0.6 is 11.8 Å². The highest BCUT2D eigenvalue weighted by Gasteiger charge is 2.46. The van der Waals surface area contributed by atoms with Crippen molar-refractivity contribution in [2.75, 3.05) is 5.75 Å². The van der Waals surface area contributed by atoms with E-state index in [0.29, 0.717) is 22.2 Å². The van der Waals surface area contributed by atoms with Crippen LogP contribution in [0.15, 0.2) is 41.9 Å². The Labute approximate surface area is 145 Å². The quantitative estimate of drug-likeness (QED) is 0.895. The van der Waals surface area contributed by atoms with E-state index < -0.39 is 0 Å². The fourth-order valence-corrected chi connectivity index (χ4v) is 4.78. The molecule has 2 N–H and O–H groups in total. The van der Waals surface area contributed by atoms with Crippen molar-refractivity contribution in [1.82, 2.24) is 9.97 Å². The molecule has 24 heavy (non-hydrogen) atoms. The van der Waals surface area contributed by atoms with E-state index in [1.165, 1.54) is 12.4 Å². The molecule has 4 rings (SSSR count). The maximum Gasteiger partial charge on any atom is 0.154 e. The Balaban J connectivity index is 0.00000169. The molecule has 2 atom stereocenters. The molecular weight excluding hydrogens is 323 g/mol. The van der Waals surface area contributed by atoms with Gasteiger partial charge >= 0.3 is 0 Å². The molecule has 2 heterocycles. The normalized spacial score (nSPS) is 25.5. The number of aromatic nitrogens is 2. The van der Waals surface area contributed by atoms with E-state index in [1.807, 2.05) is 12.1 Å². The van der Waals surface area contributed by atoms with E-state index in [0.717, 1.165) is 30.6 Å². The number of benzene rings is 1. The maximum absolute atomic E-state index is 14.3. The number of rotatable bonds is 2. The molecule has 1 aromatic heterocycles. The van der Waals surface area contributed by atoms with Gasteiger partial charge in [-0.05, 0) is 36.5 Å².